The highest BCUT2D eigenvalue weighted by Crippen LogP contribution is 2.38. The van der Waals surface area contributed by atoms with E-state index in [0.717, 1.165) is 23.9 Å². The first-order valence-corrected chi connectivity index (χ1v) is 9.57. The summed E-state index contributed by atoms with van der Waals surface area (Å²) >= 11 is 6.16. The molecule has 0 bridgehead atoms. The van der Waals surface area contributed by atoms with E-state index < -0.39 is 5.60 Å². The van der Waals surface area contributed by atoms with Crippen LogP contribution in [0.5, 0.6) is 0 Å². The van der Waals surface area contributed by atoms with Crippen LogP contribution in [0.1, 0.15) is 44.2 Å². The zero-order valence-corrected chi connectivity index (χ0v) is 15.9. The summed E-state index contributed by atoms with van der Waals surface area (Å²) in [5.74, 6) is 0.247. The first kappa shape index (κ1) is 18.0. The average molecular weight is 384 g/mol. The molecule has 1 amide bonds. The number of aliphatic hydroxyl groups is 1. The van der Waals surface area contributed by atoms with Crippen molar-refractivity contribution in [3.63, 3.8) is 0 Å². The minimum atomic E-state index is -1.25. The van der Waals surface area contributed by atoms with Gasteiger partial charge in [0.2, 0.25) is 11.9 Å². The number of fused-ring (bicyclic) bond motifs is 1. The highest BCUT2D eigenvalue weighted by Gasteiger charge is 2.29. The predicted molar refractivity (Wildman–Crippen MR) is 107 cm³/mol. The van der Waals surface area contributed by atoms with Crippen LogP contribution >= 0.6 is 11.6 Å². The minimum absolute atomic E-state index is 0.0500. The van der Waals surface area contributed by atoms with Crippen molar-refractivity contribution in [2.24, 2.45) is 0 Å². The lowest BCUT2D eigenvalue weighted by Crippen LogP contribution is -2.30. The monoisotopic (exact) mass is 383 g/mol. The van der Waals surface area contributed by atoms with Gasteiger partial charge in [0.15, 0.2) is 0 Å². The van der Waals surface area contributed by atoms with Gasteiger partial charge in [-0.15, -0.1) is 0 Å². The molecule has 5 nitrogen and oxygen atoms in total. The van der Waals surface area contributed by atoms with Gasteiger partial charge in [0.1, 0.15) is 0 Å². The predicted octanol–water partition coefficient (Wildman–Crippen LogP) is 4.65. The van der Waals surface area contributed by atoms with E-state index >= 15 is 0 Å². The Bertz CT molecular complexity index is 978. The van der Waals surface area contributed by atoms with Crippen LogP contribution in [0, 0.1) is 0 Å². The van der Waals surface area contributed by atoms with E-state index in [1.807, 2.05) is 42.5 Å². The molecular weight excluding hydrogens is 362 g/mol. The van der Waals surface area contributed by atoms with Crippen LogP contribution in [-0.2, 0) is 10.4 Å². The molecular formula is C21H22ClN3O2. The van der Waals surface area contributed by atoms with Crippen LogP contribution < -0.4 is 5.32 Å². The van der Waals surface area contributed by atoms with Gasteiger partial charge in [-0.05, 0) is 49.9 Å². The molecule has 2 N–H and O–H groups in total. The number of nitrogens with one attached hydrogen (secondary N) is 1. The third-order valence-corrected chi connectivity index (χ3v) is 5.48. The number of hydrogen-bond acceptors (Lipinski definition) is 3. The summed E-state index contributed by atoms with van der Waals surface area (Å²) in [6, 6.07) is 15.1. The van der Waals surface area contributed by atoms with Gasteiger partial charge < -0.3 is 9.67 Å². The van der Waals surface area contributed by atoms with E-state index in [0.29, 0.717) is 22.6 Å². The number of halogens is 1. The molecule has 1 atom stereocenters. The Morgan fingerprint density at radius 1 is 1.30 bits per heavy atom. The molecule has 0 aliphatic heterocycles. The van der Waals surface area contributed by atoms with Gasteiger partial charge in [0, 0.05) is 11.1 Å². The number of benzene rings is 2. The molecule has 27 heavy (non-hydrogen) atoms. The van der Waals surface area contributed by atoms with Gasteiger partial charge in [-0.25, -0.2) is 4.98 Å². The number of carbonyl (C=O) groups is 1. The Balaban J connectivity index is 1.60. The third kappa shape index (κ3) is 3.57. The molecule has 0 radical (unpaired) electrons. The van der Waals surface area contributed by atoms with Crippen LogP contribution in [0.2, 0.25) is 5.02 Å². The number of imidazole rings is 1. The number of rotatable bonds is 5. The maximum absolute atomic E-state index is 12.7. The lowest BCUT2D eigenvalue weighted by molar-refractivity contribution is -0.120. The zero-order chi connectivity index (χ0) is 19.0. The van der Waals surface area contributed by atoms with Crippen LogP contribution in [0.4, 0.5) is 5.95 Å². The van der Waals surface area contributed by atoms with Crippen molar-refractivity contribution >= 4 is 34.5 Å². The molecule has 1 aromatic heterocycles. The van der Waals surface area contributed by atoms with E-state index in [4.69, 9.17) is 11.6 Å². The van der Waals surface area contributed by atoms with E-state index in [2.05, 4.69) is 14.9 Å². The molecule has 2 aromatic carbocycles. The standard InChI is InChI=1S/C21H22ClN3O2/c1-21(27,14-6-3-2-4-7-14)13-19(26)24-20-23-17-11-10-15(22)12-18(17)25(20)16-8-5-9-16/h2-4,6-7,10-12,16,27H,5,8-9,13H2,1H3,(H,23,24,26)/t21-/m1/s1. The summed E-state index contributed by atoms with van der Waals surface area (Å²) < 4.78 is 2.07. The first-order valence-electron chi connectivity index (χ1n) is 9.19. The van der Waals surface area contributed by atoms with Crippen molar-refractivity contribution in [2.75, 3.05) is 5.32 Å². The van der Waals surface area contributed by atoms with Gasteiger partial charge in [-0.2, -0.15) is 0 Å². The average Bonchev–Trinajstić information content (AvgIpc) is 2.91. The molecule has 1 aliphatic rings. The SMILES string of the molecule is C[C@@](O)(CC(=O)Nc1nc2ccc(Cl)cc2n1C1CCC1)c1ccccc1. The van der Waals surface area contributed by atoms with Crippen LogP contribution in [-0.4, -0.2) is 20.6 Å². The second-order valence-corrected chi connectivity index (χ2v) is 7.82. The van der Waals surface area contributed by atoms with E-state index in [-0.39, 0.29) is 12.3 Å². The molecule has 0 saturated heterocycles. The van der Waals surface area contributed by atoms with Crippen molar-refractivity contribution in [2.45, 2.75) is 44.2 Å². The second-order valence-electron chi connectivity index (χ2n) is 7.39. The number of anilines is 1. The second kappa shape index (κ2) is 6.98. The number of hydrogen-bond donors (Lipinski definition) is 2. The van der Waals surface area contributed by atoms with Gasteiger partial charge in [0.05, 0.1) is 23.1 Å². The topological polar surface area (TPSA) is 67.2 Å². The fraction of sp³-hybridized carbons (Fsp3) is 0.333. The summed E-state index contributed by atoms with van der Waals surface area (Å²) in [5.41, 5.74) is 1.19. The highest BCUT2D eigenvalue weighted by atomic mass is 35.5. The van der Waals surface area contributed by atoms with Crippen LogP contribution in [0.3, 0.4) is 0 Å². The van der Waals surface area contributed by atoms with Crippen molar-refractivity contribution in [1.82, 2.24) is 9.55 Å². The number of carbonyl (C=O) groups excluding carboxylic acids is 1. The van der Waals surface area contributed by atoms with Crippen molar-refractivity contribution in [3.05, 3.63) is 59.1 Å². The summed E-state index contributed by atoms with van der Waals surface area (Å²) in [5, 5.41) is 14.3. The van der Waals surface area contributed by atoms with E-state index in [1.54, 1.807) is 13.0 Å². The van der Waals surface area contributed by atoms with Gasteiger partial charge in [-0.3, -0.25) is 10.1 Å². The quantitative estimate of drug-likeness (QED) is 0.673. The molecule has 6 heteroatoms. The Morgan fingerprint density at radius 2 is 2.04 bits per heavy atom. The molecule has 0 spiro atoms. The molecule has 1 aliphatic carbocycles. The van der Waals surface area contributed by atoms with Crippen molar-refractivity contribution in [3.8, 4) is 0 Å². The van der Waals surface area contributed by atoms with Crippen molar-refractivity contribution in [1.29, 1.82) is 0 Å². The normalized spacial score (nSPS) is 16.7. The van der Waals surface area contributed by atoms with Gasteiger partial charge >= 0.3 is 0 Å². The fourth-order valence-electron chi connectivity index (χ4n) is 3.55. The lowest BCUT2D eigenvalue weighted by atomic mass is 9.92. The summed E-state index contributed by atoms with van der Waals surface area (Å²) in [6.07, 6.45) is 3.23. The number of aromatic nitrogens is 2. The largest absolute Gasteiger partial charge is 0.385 e. The Hall–Kier alpha value is -2.37. The maximum atomic E-state index is 12.7. The van der Waals surface area contributed by atoms with E-state index in [9.17, 15) is 9.90 Å². The van der Waals surface area contributed by atoms with Crippen LogP contribution in [0.15, 0.2) is 48.5 Å². The van der Waals surface area contributed by atoms with E-state index in [1.165, 1.54) is 6.42 Å². The zero-order valence-electron chi connectivity index (χ0n) is 15.2. The Morgan fingerprint density at radius 3 is 2.70 bits per heavy atom. The molecule has 140 valence electrons. The molecule has 3 aromatic rings. The third-order valence-electron chi connectivity index (χ3n) is 5.24. The van der Waals surface area contributed by atoms with Crippen molar-refractivity contribution < 1.29 is 9.90 Å². The molecule has 1 fully saturated rings. The number of amides is 1. The fourth-order valence-corrected chi connectivity index (χ4v) is 3.72. The minimum Gasteiger partial charge on any atom is -0.385 e. The first-order chi connectivity index (χ1) is 12.9. The Labute approximate surface area is 163 Å². The molecule has 1 saturated carbocycles. The summed E-state index contributed by atoms with van der Waals surface area (Å²) in [4.78, 5) is 17.3. The van der Waals surface area contributed by atoms with Crippen LogP contribution in [0.25, 0.3) is 11.0 Å². The summed E-state index contributed by atoms with van der Waals surface area (Å²) in [6.45, 7) is 1.65. The maximum Gasteiger partial charge on any atom is 0.229 e. The van der Waals surface area contributed by atoms with Gasteiger partial charge in [0.25, 0.3) is 0 Å². The lowest BCUT2D eigenvalue weighted by Gasteiger charge is -2.29. The molecule has 4 rings (SSSR count). The Kier molecular flexibility index (Phi) is 4.66. The smallest absolute Gasteiger partial charge is 0.229 e. The van der Waals surface area contributed by atoms with Gasteiger partial charge in [-0.1, -0.05) is 41.9 Å². The number of nitrogens with zero attached hydrogens (tertiary/aromatic N) is 2. The molecule has 0 unspecified atom stereocenters. The highest BCUT2D eigenvalue weighted by molar-refractivity contribution is 6.31. The molecule has 1 heterocycles. The summed E-state index contributed by atoms with van der Waals surface area (Å²) in [7, 11) is 0.